The molecule has 0 atom stereocenters. The lowest BCUT2D eigenvalue weighted by Gasteiger charge is -2.12. The SMILES string of the molecule is O=C(O)c1ccc2c(ccc3c(C(=O)O)c(C(=O)O)ccc32)c1C(=O)O. The van der Waals surface area contributed by atoms with E-state index in [1.807, 2.05) is 0 Å². The van der Waals surface area contributed by atoms with Gasteiger partial charge in [-0.1, -0.05) is 24.3 Å². The van der Waals surface area contributed by atoms with E-state index in [4.69, 9.17) is 0 Å². The zero-order valence-corrected chi connectivity index (χ0v) is 12.9. The molecule has 3 rings (SSSR count). The van der Waals surface area contributed by atoms with E-state index in [0.29, 0.717) is 10.8 Å². The van der Waals surface area contributed by atoms with Crippen LogP contribution in [0.3, 0.4) is 0 Å². The van der Waals surface area contributed by atoms with Gasteiger partial charge in [0.1, 0.15) is 0 Å². The number of rotatable bonds is 4. The predicted molar refractivity (Wildman–Crippen MR) is 89.3 cm³/mol. The fourth-order valence-corrected chi connectivity index (χ4v) is 3.04. The van der Waals surface area contributed by atoms with E-state index in [0.717, 1.165) is 12.1 Å². The molecule has 0 aliphatic heterocycles. The topological polar surface area (TPSA) is 149 Å². The largest absolute Gasteiger partial charge is 0.478 e. The van der Waals surface area contributed by atoms with Crippen LogP contribution in [0.25, 0.3) is 21.5 Å². The van der Waals surface area contributed by atoms with Crippen LogP contribution in [0.2, 0.25) is 0 Å². The average molecular weight is 354 g/mol. The molecular weight excluding hydrogens is 344 g/mol. The lowest BCUT2D eigenvalue weighted by Crippen LogP contribution is -2.10. The van der Waals surface area contributed by atoms with Gasteiger partial charge in [0.25, 0.3) is 0 Å². The Morgan fingerprint density at radius 2 is 0.769 bits per heavy atom. The smallest absolute Gasteiger partial charge is 0.337 e. The van der Waals surface area contributed by atoms with Crippen LogP contribution in [-0.2, 0) is 0 Å². The van der Waals surface area contributed by atoms with Crippen LogP contribution in [-0.4, -0.2) is 44.3 Å². The van der Waals surface area contributed by atoms with Gasteiger partial charge >= 0.3 is 23.9 Å². The summed E-state index contributed by atoms with van der Waals surface area (Å²) in [5, 5.41) is 38.1. The number of hydrogen-bond acceptors (Lipinski definition) is 4. The fourth-order valence-electron chi connectivity index (χ4n) is 3.04. The Hall–Kier alpha value is -3.94. The second kappa shape index (κ2) is 5.85. The van der Waals surface area contributed by atoms with E-state index >= 15 is 0 Å². The minimum atomic E-state index is -1.44. The third-order valence-electron chi connectivity index (χ3n) is 4.09. The second-order valence-electron chi connectivity index (χ2n) is 5.45. The number of hydrogen-bond donors (Lipinski definition) is 4. The number of carbonyl (C=O) groups is 4. The number of benzene rings is 3. The van der Waals surface area contributed by atoms with Crippen LogP contribution < -0.4 is 0 Å². The van der Waals surface area contributed by atoms with Crippen molar-refractivity contribution in [3.8, 4) is 0 Å². The molecule has 0 saturated heterocycles. The summed E-state index contributed by atoms with van der Waals surface area (Å²) in [6.07, 6.45) is 0. The maximum Gasteiger partial charge on any atom is 0.337 e. The Bertz CT molecular complexity index is 1050. The molecule has 8 heteroatoms. The summed E-state index contributed by atoms with van der Waals surface area (Å²) in [6, 6.07) is 7.56. The molecule has 130 valence electrons. The van der Waals surface area contributed by atoms with Gasteiger partial charge in [0.15, 0.2) is 0 Å². The van der Waals surface area contributed by atoms with Crippen molar-refractivity contribution in [2.75, 3.05) is 0 Å². The minimum Gasteiger partial charge on any atom is -0.478 e. The van der Waals surface area contributed by atoms with Crippen LogP contribution in [0, 0.1) is 0 Å². The van der Waals surface area contributed by atoms with Gasteiger partial charge in [-0.3, -0.25) is 0 Å². The van der Waals surface area contributed by atoms with E-state index in [-0.39, 0.29) is 10.8 Å². The van der Waals surface area contributed by atoms with Gasteiger partial charge in [-0.25, -0.2) is 19.2 Å². The summed E-state index contributed by atoms with van der Waals surface area (Å²) in [7, 11) is 0. The predicted octanol–water partition coefficient (Wildman–Crippen LogP) is 2.79. The van der Waals surface area contributed by atoms with Crippen LogP contribution in [0.15, 0.2) is 36.4 Å². The second-order valence-corrected chi connectivity index (χ2v) is 5.45. The maximum absolute atomic E-state index is 11.6. The molecule has 0 saturated carbocycles. The van der Waals surface area contributed by atoms with Gasteiger partial charge < -0.3 is 20.4 Å². The highest BCUT2D eigenvalue weighted by Crippen LogP contribution is 2.33. The number of aromatic carboxylic acids is 4. The number of fused-ring (bicyclic) bond motifs is 3. The molecule has 26 heavy (non-hydrogen) atoms. The number of carboxylic acid groups (broad SMARTS) is 4. The van der Waals surface area contributed by atoms with Crippen LogP contribution in [0.4, 0.5) is 0 Å². The van der Waals surface area contributed by atoms with Crippen molar-refractivity contribution < 1.29 is 39.6 Å². The van der Waals surface area contributed by atoms with Crippen molar-refractivity contribution in [2.45, 2.75) is 0 Å². The maximum atomic E-state index is 11.6. The van der Waals surface area contributed by atoms with Crippen molar-refractivity contribution in [2.24, 2.45) is 0 Å². The lowest BCUT2D eigenvalue weighted by molar-refractivity contribution is 0.0653. The molecule has 0 unspecified atom stereocenters. The zero-order chi connectivity index (χ0) is 19.2. The molecule has 0 amide bonds. The normalized spacial score (nSPS) is 10.8. The number of carboxylic acids is 4. The van der Waals surface area contributed by atoms with Crippen LogP contribution >= 0.6 is 0 Å². The molecule has 3 aromatic rings. The summed E-state index contributed by atoms with van der Waals surface area (Å²) in [5.41, 5.74) is -1.64. The van der Waals surface area contributed by atoms with Crippen molar-refractivity contribution >= 4 is 45.4 Å². The summed E-state index contributed by atoms with van der Waals surface area (Å²) in [4.78, 5) is 45.7. The summed E-state index contributed by atoms with van der Waals surface area (Å²) in [6.45, 7) is 0. The molecule has 0 aliphatic carbocycles. The van der Waals surface area contributed by atoms with E-state index in [1.165, 1.54) is 24.3 Å². The van der Waals surface area contributed by atoms with Gasteiger partial charge in [0.2, 0.25) is 0 Å². The molecule has 0 fully saturated rings. The molecule has 0 aromatic heterocycles. The quantitative estimate of drug-likeness (QED) is 0.522. The van der Waals surface area contributed by atoms with E-state index in [2.05, 4.69) is 0 Å². The molecular formula is C18H10O8. The third kappa shape index (κ3) is 2.40. The van der Waals surface area contributed by atoms with Gasteiger partial charge in [0.05, 0.1) is 22.3 Å². The third-order valence-corrected chi connectivity index (χ3v) is 4.09. The monoisotopic (exact) mass is 354 g/mol. The molecule has 0 aliphatic rings. The first kappa shape index (κ1) is 16.9. The summed E-state index contributed by atoms with van der Waals surface area (Å²) >= 11 is 0. The highest BCUT2D eigenvalue weighted by atomic mass is 16.4. The van der Waals surface area contributed by atoms with Gasteiger partial charge in [-0.15, -0.1) is 0 Å². The van der Waals surface area contributed by atoms with Crippen LogP contribution in [0.5, 0.6) is 0 Å². The Morgan fingerprint density at radius 1 is 0.462 bits per heavy atom. The fraction of sp³-hybridized carbons (Fsp3) is 0. The Balaban J connectivity index is 2.53. The van der Waals surface area contributed by atoms with Crippen molar-refractivity contribution in [1.82, 2.24) is 0 Å². The van der Waals surface area contributed by atoms with E-state index in [9.17, 15) is 39.6 Å². The average Bonchev–Trinajstić information content (AvgIpc) is 2.58. The molecule has 0 heterocycles. The van der Waals surface area contributed by atoms with Crippen molar-refractivity contribution in [1.29, 1.82) is 0 Å². The Kier molecular flexibility index (Phi) is 3.80. The Labute approximate surface area is 144 Å². The first-order chi connectivity index (χ1) is 12.2. The zero-order valence-electron chi connectivity index (χ0n) is 12.9. The highest BCUT2D eigenvalue weighted by molar-refractivity contribution is 6.21. The van der Waals surface area contributed by atoms with Crippen molar-refractivity contribution in [3.63, 3.8) is 0 Å². The highest BCUT2D eigenvalue weighted by Gasteiger charge is 2.23. The van der Waals surface area contributed by atoms with Gasteiger partial charge in [-0.2, -0.15) is 0 Å². The molecule has 8 nitrogen and oxygen atoms in total. The lowest BCUT2D eigenvalue weighted by atomic mass is 9.91. The first-order valence-electron chi connectivity index (χ1n) is 7.19. The van der Waals surface area contributed by atoms with Gasteiger partial charge in [-0.05, 0) is 33.7 Å². The van der Waals surface area contributed by atoms with E-state index in [1.54, 1.807) is 0 Å². The molecule has 0 bridgehead atoms. The molecule has 3 aromatic carbocycles. The Morgan fingerprint density at radius 3 is 1.04 bits per heavy atom. The van der Waals surface area contributed by atoms with Crippen molar-refractivity contribution in [3.05, 3.63) is 58.7 Å². The van der Waals surface area contributed by atoms with Crippen LogP contribution in [0.1, 0.15) is 41.4 Å². The minimum absolute atomic E-state index is 0.115. The molecule has 0 spiro atoms. The van der Waals surface area contributed by atoms with E-state index < -0.39 is 46.1 Å². The standard InChI is InChI=1S/C18H10O8/c19-15(20)11-5-1-7-8-2-6-12(16(21)22)14(18(25)26)10(8)4-3-9(7)13(11)17(23)24/h1-6H,(H,19,20)(H,21,22)(H,23,24)(H,25,26). The summed E-state index contributed by atoms with van der Waals surface area (Å²) < 4.78 is 0. The summed E-state index contributed by atoms with van der Waals surface area (Å²) in [5.74, 6) is -5.69. The molecule has 4 N–H and O–H groups in total. The van der Waals surface area contributed by atoms with Gasteiger partial charge in [0, 0.05) is 0 Å². The first-order valence-corrected chi connectivity index (χ1v) is 7.19. The molecule has 0 radical (unpaired) electrons.